The van der Waals surface area contributed by atoms with Crippen LogP contribution in [0.1, 0.15) is 28.9 Å². The van der Waals surface area contributed by atoms with E-state index in [2.05, 4.69) is 4.98 Å². The molecule has 1 aromatic heterocycles. The lowest BCUT2D eigenvalue weighted by Crippen LogP contribution is -2.14. The Kier molecular flexibility index (Phi) is 2.26. The Labute approximate surface area is 86.5 Å². The molecule has 15 heavy (non-hydrogen) atoms. The molecule has 0 unspecified atom stereocenters. The van der Waals surface area contributed by atoms with Crippen molar-refractivity contribution in [3.63, 3.8) is 0 Å². The lowest BCUT2D eigenvalue weighted by molar-refractivity contribution is 0.0995. The van der Waals surface area contributed by atoms with Gasteiger partial charge >= 0.3 is 0 Å². The summed E-state index contributed by atoms with van der Waals surface area (Å²) in [5.41, 5.74) is 5.60. The Morgan fingerprint density at radius 2 is 2.40 bits per heavy atom. The first kappa shape index (κ1) is 9.46. The van der Waals surface area contributed by atoms with Crippen LogP contribution in [0.2, 0.25) is 0 Å². The zero-order valence-corrected chi connectivity index (χ0v) is 7.93. The molecule has 0 saturated heterocycles. The van der Waals surface area contributed by atoms with Gasteiger partial charge in [-0.3, -0.25) is 4.79 Å². The third kappa shape index (κ3) is 2.05. The van der Waals surface area contributed by atoms with Crippen LogP contribution in [0.25, 0.3) is 0 Å². The molecule has 0 aliphatic heterocycles. The minimum Gasteiger partial charge on any atom is -0.489 e. The molecule has 5 heteroatoms. The molecule has 2 rings (SSSR count). The van der Waals surface area contributed by atoms with Crippen molar-refractivity contribution in [1.29, 1.82) is 5.26 Å². The van der Waals surface area contributed by atoms with E-state index in [1.54, 1.807) is 0 Å². The summed E-state index contributed by atoms with van der Waals surface area (Å²) in [5.74, 6) is -0.237. The molecule has 76 valence electrons. The van der Waals surface area contributed by atoms with Crippen LogP contribution in [0.3, 0.4) is 0 Å². The molecule has 1 amide bonds. The highest BCUT2D eigenvalue weighted by molar-refractivity contribution is 5.95. The quantitative estimate of drug-likeness (QED) is 0.778. The number of pyridine rings is 1. The number of nitrogens with zero attached hydrogens (tertiary/aromatic N) is 2. The Bertz CT molecular complexity index is 446. The highest BCUT2D eigenvalue weighted by Crippen LogP contribution is 2.29. The SMILES string of the molecule is N#Cc1cc(OC2CC2)c(C(N)=O)cn1. The first-order chi connectivity index (χ1) is 7.20. The van der Waals surface area contributed by atoms with Gasteiger partial charge in [-0.15, -0.1) is 0 Å². The van der Waals surface area contributed by atoms with Gasteiger partial charge in [0.15, 0.2) is 0 Å². The predicted molar refractivity (Wildman–Crippen MR) is 51.1 cm³/mol. The van der Waals surface area contributed by atoms with Gasteiger partial charge in [0.2, 0.25) is 0 Å². The Morgan fingerprint density at radius 3 is 2.93 bits per heavy atom. The van der Waals surface area contributed by atoms with E-state index in [-0.39, 0.29) is 17.4 Å². The molecule has 0 radical (unpaired) electrons. The topological polar surface area (TPSA) is 89.0 Å². The van der Waals surface area contributed by atoms with E-state index >= 15 is 0 Å². The van der Waals surface area contributed by atoms with Crippen molar-refractivity contribution in [2.24, 2.45) is 5.73 Å². The fourth-order valence-corrected chi connectivity index (χ4v) is 1.15. The summed E-state index contributed by atoms with van der Waals surface area (Å²) >= 11 is 0. The standard InChI is InChI=1S/C10H9N3O2/c11-4-6-3-9(15-7-1-2-7)8(5-13-6)10(12)14/h3,5,7H,1-2H2,(H2,12,14). The number of carbonyl (C=O) groups excluding carboxylic acids is 1. The largest absolute Gasteiger partial charge is 0.489 e. The fourth-order valence-electron chi connectivity index (χ4n) is 1.15. The number of hydrogen-bond donors (Lipinski definition) is 1. The van der Waals surface area contributed by atoms with Crippen molar-refractivity contribution >= 4 is 5.91 Å². The third-order valence-electron chi connectivity index (χ3n) is 2.06. The fraction of sp³-hybridized carbons (Fsp3) is 0.300. The van der Waals surface area contributed by atoms with Crippen molar-refractivity contribution in [1.82, 2.24) is 4.98 Å². The van der Waals surface area contributed by atoms with E-state index in [1.807, 2.05) is 6.07 Å². The highest BCUT2D eigenvalue weighted by atomic mass is 16.5. The van der Waals surface area contributed by atoms with Gasteiger partial charge in [0.1, 0.15) is 17.5 Å². The van der Waals surface area contributed by atoms with Crippen LogP contribution < -0.4 is 10.5 Å². The maximum atomic E-state index is 11.0. The molecule has 0 aromatic carbocycles. The second-order valence-corrected chi connectivity index (χ2v) is 3.36. The first-order valence-corrected chi connectivity index (χ1v) is 4.57. The van der Waals surface area contributed by atoms with Crippen LogP contribution in [0.5, 0.6) is 5.75 Å². The number of hydrogen-bond acceptors (Lipinski definition) is 4. The molecule has 1 heterocycles. The maximum absolute atomic E-state index is 11.0. The average Bonchev–Trinajstić information content (AvgIpc) is 3.01. The summed E-state index contributed by atoms with van der Waals surface area (Å²) in [7, 11) is 0. The van der Waals surface area contributed by atoms with Crippen molar-refractivity contribution < 1.29 is 9.53 Å². The normalized spacial score (nSPS) is 14.3. The number of ether oxygens (including phenoxy) is 1. The average molecular weight is 203 g/mol. The highest BCUT2D eigenvalue weighted by Gasteiger charge is 2.25. The summed E-state index contributed by atoms with van der Waals surface area (Å²) in [4.78, 5) is 14.8. The monoisotopic (exact) mass is 203 g/mol. The Hall–Kier alpha value is -2.09. The van der Waals surface area contributed by atoms with Crippen LogP contribution in [0, 0.1) is 11.3 Å². The van der Waals surface area contributed by atoms with Gasteiger partial charge < -0.3 is 10.5 Å². The number of amides is 1. The van der Waals surface area contributed by atoms with Crippen molar-refractivity contribution in [2.45, 2.75) is 18.9 Å². The summed E-state index contributed by atoms with van der Waals surface area (Å²) in [6.07, 6.45) is 3.38. The molecule has 1 aliphatic rings. The van der Waals surface area contributed by atoms with E-state index in [1.165, 1.54) is 12.3 Å². The second kappa shape index (κ2) is 3.58. The lowest BCUT2D eigenvalue weighted by Gasteiger charge is -2.07. The molecule has 2 N–H and O–H groups in total. The molecular weight excluding hydrogens is 194 g/mol. The van der Waals surface area contributed by atoms with Gasteiger partial charge in [-0.2, -0.15) is 5.26 Å². The Morgan fingerprint density at radius 1 is 1.67 bits per heavy atom. The molecule has 0 bridgehead atoms. The van der Waals surface area contributed by atoms with E-state index in [4.69, 9.17) is 15.7 Å². The maximum Gasteiger partial charge on any atom is 0.254 e. The number of nitriles is 1. The second-order valence-electron chi connectivity index (χ2n) is 3.36. The minimum absolute atomic E-state index is 0.150. The number of primary amides is 1. The van der Waals surface area contributed by atoms with Gasteiger partial charge in [-0.25, -0.2) is 4.98 Å². The van der Waals surface area contributed by atoms with Crippen LogP contribution in [0.4, 0.5) is 0 Å². The van der Waals surface area contributed by atoms with Crippen molar-refractivity contribution in [3.8, 4) is 11.8 Å². The summed E-state index contributed by atoms with van der Waals surface area (Å²) in [6.45, 7) is 0. The molecule has 1 fully saturated rings. The van der Waals surface area contributed by atoms with Gasteiger partial charge in [0, 0.05) is 12.3 Å². The van der Waals surface area contributed by atoms with Crippen molar-refractivity contribution in [2.75, 3.05) is 0 Å². The minimum atomic E-state index is -0.595. The van der Waals surface area contributed by atoms with Gasteiger partial charge in [0.05, 0.1) is 11.7 Å². The smallest absolute Gasteiger partial charge is 0.254 e. The lowest BCUT2D eigenvalue weighted by atomic mass is 10.2. The molecule has 1 saturated carbocycles. The first-order valence-electron chi connectivity index (χ1n) is 4.57. The number of nitrogens with two attached hydrogens (primary N) is 1. The summed E-state index contributed by atoms with van der Waals surface area (Å²) in [6, 6.07) is 3.33. The number of rotatable bonds is 3. The van der Waals surface area contributed by atoms with Gasteiger partial charge in [-0.05, 0) is 12.8 Å². The zero-order valence-electron chi connectivity index (χ0n) is 7.93. The molecule has 5 nitrogen and oxygen atoms in total. The molecule has 0 spiro atoms. The molecular formula is C10H9N3O2. The molecule has 1 aliphatic carbocycles. The van der Waals surface area contributed by atoms with Crippen LogP contribution in [0.15, 0.2) is 12.3 Å². The van der Waals surface area contributed by atoms with E-state index in [9.17, 15) is 4.79 Å². The Balaban J connectivity index is 2.36. The van der Waals surface area contributed by atoms with Gasteiger partial charge in [0.25, 0.3) is 5.91 Å². The predicted octanol–water partition coefficient (Wildman–Crippen LogP) is 0.593. The summed E-state index contributed by atoms with van der Waals surface area (Å²) in [5, 5.41) is 8.66. The van der Waals surface area contributed by atoms with Gasteiger partial charge in [-0.1, -0.05) is 0 Å². The number of carbonyl (C=O) groups is 1. The van der Waals surface area contributed by atoms with Crippen LogP contribution >= 0.6 is 0 Å². The summed E-state index contributed by atoms with van der Waals surface area (Å²) < 4.78 is 5.47. The zero-order chi connectivity index (χ0) is 10.8. The van der Waals surface area contributed by atoms with Crippen LogP contribution in [-0.4, -0.2) is 17.0 Å². The number of aromatic nitrogens is 1. The van der Waals surface area contributed by atoms with E-state index in [0.717, 1.165) is 12.8 Å². The van der Waals surface area contributed by atoms with Crippen LogP contribution in [-0.2, 0) is 0 Å². The third-order valence-corrected chi connectivity index (χ3v) is 2.06. The molecule has 0 atom stereocenters. The van der Waals surface area contributed by atoms with E-state index in [0.29, 0.717) is 5.75 Å². The molecule has 1 aromatic rings. The van der Waals surface area contributed by atoms with Crippen molar-refractivity contribution in [3.05, 3.63) is 23.5 Å². The van der Waals surface area contributed by atoms with E-state index < -0.39 is 5.91 Å².